The molecule has 3 amide bonds. The van der Waals surface area contributed by atoms with E-state index in [0.717, 1.165) is 16.8 Å². The monoisotopic (exact) mass is 535 g/mol. The summed E-state index contributed by atoms with van der Waals surface area (Å²) in [6.07, 6.45) is 3.83. The van der Waals surface area contributed by atoms with Gasteiger partial charge in [-0.25, -0.2) is 19.3 Å². The van der Waals surface area contributed by atoms with Crippen LogP contribution in [0.4, 0.5) is 16.2 Å². The minimum atomic E-state index is -0.697. The van der Waals surface area contributed by atoms with Gasteiger partial charge in [-0.1, -0.05) is 0 Å². The molecule has 0 aromatic carbocycles. The van der Waals surface area contributed by atoms with Gasteiger partial charge < -0.3 is 19.5 Å². The summed E-state index contributed by atoms with van der Waals surface area (Å²) in [4.78, 5) is 65.9. The lowest BCUT2D eigenvalue weighted by atomic mass is 10.2. The van der Waals surface area contributed by atoms with Crippen molar-refractivity contribution < 1.29 is 23.5 Å². The van der Waals surface area contributed by atoms with Crippen molar-refractivity contribution in [3.63, 3.8) is 0 Å². The van der Waals surface area contributed by atoms with Crippen LogP contribution in [-0.2, 0) is 22.6 Å². The van der Waals surface area contributed by atoms with Gasteiger partial charge in [-0.05, 0) is 25.1 Å². The average Bonchev–Trinajstić information content (AvgIpc) is 3.52. The van der Waals surface area contributed by atoms with E-state index >= 15 is 0 Å². The fourth-order valence-corrected chi connectivity index (χ4v) is 4.25. The predicted octanol–water partition coefficient (Wildman–Crippen LogP) is 0.702. The maximum Gasteiger partial charge on any atom is 0.280 e. The maximum atomic E-state index is 13.5. The molecule has 200 valence electrons. The van der Waals surface area contributed by atoms with Crippen molar-refractivity contribution in [3.8, 4) is 0 Å². The summed E-state index contributed by atoms with van der Waals surface area (Å²) in [6.45, 7) is 1.54. The maximum absolute atomic E-state index is 13.5. The molecule has 1 aliphatic heterocycles. The molecule has 14 nitrogen and oxygen atoms in total. The molecule has 39 heavy (non-hydrogen) atoms. The molecule has 15 heteroatoms. The zero-order valence-electron chi connectivity index (χ0n) is 20.8. The number of nitrogens with one attached hydrogen (secondary N) is 2. The summed E-state index contributed by atoms with van der Waals surface area (Å²) in [5, 5.41) is 9.17. The van der Waals surface area contributed by atoms with Crippen LogP contribution in [0, 0.1) is 5.82 Å². The van der Waals surface area contributed by atoms with Crippen LogP contribution in [0.3, 0.4) is 0 Å². The second-order valence-electron chi connectivity index (χ2n) is 8.69. The molecule has 0 spiro atoms. The molecule has 2 N–H and O–H groups in total. The molecule has 1 atom stereocenters. The number of methoxy groups -OCH3 is 1. The lowest BCUT2D eigenvalue weighted by Gasteiger charge is -2.23. The number of ether oxygens (including phenoxy) is 1. The third-order valence-electron chi connectivity index (χ3n) is 6.03. The van der Waals surface area contributed by atoms with Crippen molar-refractivity contribution in [2.75, 3.05) is 24.4 Å². The Kier molecular flexibility index (Phi) is 6.81. The van der Waals surface area contributed by atoms with E-state index in [1.54, 1.807) is 13.0 Å². The Morgan fingerprint density at radius 3 is 2.62 bits per heavy atom. The Morgan fingerprint density at radius 1 is 1.15 bits per heavy atom. The Hall–Kier alpha value is -5.05. The molecule has 0 bridgehead atoms. The average molecular weight is 535 g/mol. The first-order valence-corrected chi connectivity index (χ1v) is 11.7. The first kappa shape index (κ1) is 25.6. The van der Waals surface area contributed by atoms with Crippen LogP contribution in [0.5, 0.6) is 0 Å². The quantitative estimate of drug-likeness (QED) is 0.330. The van der Waals surface area contributed by atoms with E-state index in [9.17, 15) is 23.6 Å². The number of rotatable bonds is 8. The Labute approximate surface area is 219 Å². The molecule has 4 aromatic rings. The highest BCUT2D eigenvalue weighted by molar-refractivity contribution is 6.03. The van der Waals surface area contributed by atoms with Crippen molar-refractivity contribution in [1.82, 2.24) is 34.0 Å². The van der Waals surface area contributed by atoms with Crippen molar-refractivity contribution in [1.29, 1.82) is 0 Å². The third kappa shape index (κ3) is 4.94. The first-order valence-electron chi connectivity index (χ1n) is 11.7. The number of carbonyl (C=O) groups excluding carboxylic acids is 3. The predicted molar refractivity (Wildman–Crippen MR) is 133 cm³/mol. The first-order chi connectivity index (χ1) is 18.8. The zero-order valence-corrected chi connectivity index (χ0v) is 20.8. The Balaban J connectivity index is 1.56. The van der Waals surface area contributed by atoms with Crippen LogP contribution >= 0.6 is 0 Å². The molecule has 5 heterocycles. The minimum absolute atomic E-state index is 0.00378. The topological polar surface area (TPSA) is 166 Å². The fourth-order valence-electron chi connectivity index (χ4n) is 4.25. The van der Waals surface area contributed by atoms with Crippen LogP contribution < -0.4 is 16.2 Å². The third-order valence-corrected chi connectivity index (χ3v) is 6.03. The number of nitrogens with zero attached hydrogens (tertiary/aromatic N) is 7. The molecule has 5 rings (SSSR count). The fraction of sp³-hybridized carbons (Fsp3) is 0.250. The molecule has 0 saturated heterocycles. The van der Waals surface area contributed by atoms with Crippen molar-refractivity contribution in [2.24, 2.45) is 0 Å². The normalized spacial score (nSPS) is 13.4. The highest BCUT2D eigenvalue weighted by atomic mass is 19.1. The standard InChI is InChI=1S/C24H22FN9O5/c1-13(12-39-2)32-10-15-20(23(32)38)33(11-18(35)29-17-5-4-14(25)9-28-17)19-8-16(31-34(19)22(15)37)21(36)30-24-26-6-3-7-27-24/h3-9,13H,10-12H2,1-2H3,(H,28,29,35)(H,26,27,30,36). The van der Waals surface area contributed by atoms with Gasteiger partial charge in [0.15, 0.2) is 5.69 Å². The smallest absolute Gasteiger partial charge is 0.280 e. The van der Waals surface area contributed by atoms with Gasteiger partial charge in [-0.2, -0.15) is 9.61 Å². The summed E-state index contributed by atoms with van der Waals surface area (Å²) in [7, 11) is 1.50. The molecular formula is C24H22FN9O5. The van der Waals surface area contributed by atoms with Gasteiger partial charge >= 0.3 is 0 Å². The lowest BCUT2D eigenvalue weighted by Crippen LogP contribution is -2.37. The number of anilines is 2. The molecule has 4 aromatic heterocycles. The van der Waals surface area contributed by atoms with Crippen molar-refractivity contribution >= 4 is 35.1 Å². The molecule has 0 radical (unpaired) electrons. The van der Waals surface area contributed by atoms with Crippen LogP contribution in [0.15, 0.2) is 47.7 Å². The number of hydrogen-bond donors (Lipinski definition) is 2. The summed E-state index contributed by atoms with van der Waals surface area (Å²) in [5.41, 5.74) is -0.614. The summed E-state index contributed by atoms with van der Waals surface area (Å²) < 4.78 is 20.7. The molecule has 0 aliphatic carbocycles. The van der Waals surface area contributed by atoms with E-state index in [-0.39, 0.29) is 53.6 Å². The van der Waals surface area contributed by atoms with Gasteiger partial charge in [0.25, 0.3) is 17.4 Å². The van der Waals surface area contributed by atoms with Gasteiger partial charge in [-0.3, -0.25) is 24.5 Å². The second-order valence-corrected chi connectivity index (χ2v) is 8.69. The molecule has 0 fully saturated rings. The second kappa shape index (κ2) is 10.4. The summed E-state index contributed by atoms with van der Waals surface area (Å²) >= 11 is 0. The van der Waals surface area contributed by atoms with Gasteiger partial charge in [0.1, 0.15) is 29.5 Å². The number of pyridine rings is 1. The van der Waals surface area contributed by atoms with Crippen LogP contribution in [-0.4, -0.2) is 71.5 Å². The van der Waals surface area contributed by atoms with Crippen LogP contribution in [0.25, 0.3) is 5.65 Å². The van der Waals surface area contributed by atoms with E-state index in [4.69, 9.17) is 4.74 Å². The lowest BCUT2D eigenvalue weighted by molar-refractivity contribution is -0.116. The van der Waals surface area contributed by atoms with E-state index in [0.29, 0.717) is 0 Å². The van der Waals surface area contributed by atoms with Crippen molar-refractivity contribution in [3.05, 3.63) is 76.0 Å². The van der Waals surface area contributed by atoms with E-state index < -0.39 is 35.6 Å². The number of amides is 3. The zero-order chi connectivity index (χ0) is 27.7. The number of fused-ring (bicyclic) bond motifs is 2. The van der Waals surface area contributed by atoms with Crippen molar-refractivity contribution in [2.45, 2.75) is 26.1 Å². The number of halogens is 1. The minimum Gasteiger partial charge on any atom is -0.383 e. The largest absolute Gasteiger partial charge is 0.383 e. The van der Waals surface area contributed by atoms with Gasteiger partial charge in [0.05, 0.1) is 31.0 Å². The highest BCUT2D eigenvalue weighted by Gasteiger charge is 2.37. The van der Waals surface area contributed by atoms with E-state index in [1.807, 2.05) is 0 Å². The van der Waals surface area contributed by atoms with Crippen LogP contribution in [0.1, 0.15) is 33.5 Å². The highest BCUT2D eigenvalue weighted by Crippen LogP contribution is 2.25. The molecule has 1 unspecified atom stereocenters. The number of hydrogen-bond acceptors (Lipinski definition) is 9. The van der Waals surface area contributed by atoms with Crippen LogP contribution in [0.2, 0.25) is 0 Å². The number of aromatic nitrogens is 6. The molecule has 1 aliphatic rings. The number of carbonyl (C=O) groups is 3. The molecule has 0 saturated carbocycles. The Morgan fingerprint density at radius 2 is 1.92 bits per heavy atom. The Bertz CT molecular complexity index is 1640. The SMILES string of the molecule is COCC(C)N1Cc2c(n(CC(=O)Nc3ccc(F)cn3)c3cc(C(=O)Nc4ncccn4)nn3c2=O)C1=O. The van der Waals surface area contributed by atoms with E-state index in [1.165, 1.54) is 41.1 Å². The molecular weight excluding hydrogens is 513 g/mol. The summed E-state index contributed by atoms with van der Waals surface area (Å²) in [5.74, 6) is -2.24. The van der Waals surface area contributed by atoms with E-state index in [2.05, 4.69) is 30.7 Å². The van der Waals surface area contributed by atoms with Gasteiger partial charge in [0.2, 0.25) is 11.9 Å². The summed E-state index contributed by atoms with van der Waals surface area (Å²) in [6, 6.07) is 4.92. The van der Waals surface area contributed by atoms with Gasteiger partial charge in [0, 0.05) is 25.6 Å². The van der Waals surface area contributed by atoms with Gasteiger partial charge in [-0.15, -0.1) is 0 Å².